The summed E-state index contributed by atoms with van der Waals surface area (Å²) in [7, 11) is 0. The molecule has 2 rings (SSSR count). The van der Waals surface area contributed by atoms with E-state index in [-0.39, 0.29) is 0 Å². The van der Waals surface area contributed by atoms with Crippen LogP contribution in [0.4, 0.5) is 0 Å². The Bertz CT molecular complexity index is 319. The minimum atomic E-state index is 0.793. The number of hydrogen-bond acceptors (Lipinski definition) is 1. The fourth-order valence-corrected chi connectivity index (χ4v) is 2.80. The van der Waals surface area contributed by atoms with E-state index >= 15 is 0 Å². The van der Waals surface area contributed by atoms with Crippen molar-refractivity contribution in [2.75, 3.05) is 6.54 Å². The standard InChI is InChI=1S/C14H21N/c1-11-3-2-4-13(9-11)14-6-5-12(10-14)7-8-15/h2-4,9,12,14H,5-8,10,15H2,1H3. The second-order valence-electron chi connectivity index (χ2n) is 4.87. The Hall–Kier alpha value is -0.820. The molecular formula is C14H21N. The van der Waals surface area contributed by atoms with Crippen molar-refractivity contribution in [1.82, 2.24) is 0 Å². The number of hydrogen-bond donors (Lipinski definition) is 1. The highest BCUT2D eigenvalue weighted by Gasteiger charge is 2.24. The first-order valence-electron chi connectivity index (χ1n) is 6.06. The molecule has 0 radical (unpaired) electrons. The lowest BCUT2D eigenvalue weighted by Crippen LogP contribution is -2.05. The van der Waals surface area contributed by atoms with Crippen LogP contribution in [0.2, 0.25) is 0 Å². The molecule has 82 valence electrons. The summed E-state index contributed by atoms with van der Waals surface area (Å²) >= 11 is 0. The summed E-state index contributed by atoms with van der Waals surface area (Å²) < 4.78 is 0. The van der Waals surface area contributed by atoms with Crippen molar-refractivity contribution < 1.29 is 0 Å². The molecule has 0 aromatic heterocycles. The molecule has 1 heteroatoms. The van der Waals surface area contributed by atoms with Crippen molar-refractivity contribution in [2.24, 2.45) is 11.7 Å². The lowest BCUT2D eigenvalue weighted by molar-refractivity contribution is 0.503. The zero-order valence-corrected chi connectivity index (χ0v) is 9.58. The van der Waals surface area contributed by atoms with Gasteiger partial charge < -0.3 is 5.73 Å². The maximum atomic E-state index is 5.62. The summed E-state index contributed by atoms with van der Waals surface area (Å²) in [5.74, 6) is 1.67. The predicted octanol–water partition coefficient (Wildman–Crippen LogP) is 3.23. The molecule has 0 aliphatic heterocycles. The smallest absolute Gasteiger partial charge is 0.00746 e. The topological polar surface area (TPSA) is 26.0 Å². The molecule has 1 saturated carbocycles. The summed E-state index contributed by atoms with van der Waals surface area (Å²) in [5, 5.41) is 0. The lowest BCUT2D eigenvalue weighted by Gasteiger charge is -2.11. The fourth-order valence-electron chi connectivity index (χ4n) is 2.80. The molecule has 0 spiro atoms. The Morgan fingerprint density at radius 3 is 2.93 bits per heavy atom. The maximum absolute atomic E-state index is 5.62. The van der Waals surface area contributed by atoms with Crippen LogP contribution in [0, 0.1) is 12.8 Å². The minimum absolute atomic E-state index is 0.793. The molecule has 1 aliphatic carbocycles. The molecular weight excluding hydrogens is 182 g/mol. The van der Waals surface area contributed by atoms with Crippen LogP contribution in [0.1, 0.15) is 42.7 Å². The van der Waals surface area contributed by atoms with E-state index in [0.29, 0.717) is 0 Å². The van der Waals surface area contributed by atoms with Crippen molar-refractivity contribution >= 4 is 0 Å². The van der Waals surface area contributed by atoms with Gasteiger partial charge in [0, 0.05) is 0 Å². The summed E-state index contributed by atoms with van der Waals surface area (Å²) in [4.78, 5) is 0. The Morgan fingerprint density at radius 1 is 1.33 bits per heavy atom. The molecule has 15 heavy (non-hydrogen) atoms. The van der Waals surface area contributed by atoms with Crippen LogP contribution in [-0.2, 0) is 0 Å². The van der Waals surface area contributed by atoms with Crippen LogP contribution >= 0.6 is 0 Å². The van der Waals surface area contributed by atoms with E-state index in [9.17, 15) is 0 Å². The predicted molar refractivity (Wildman–Crippen MR) is 64.9 cm³/mol. The van der Waals surface area contributed by atoms with Gasteiger partial charge in [-0.05, 0) is 56.6 Å². The second kappa shape index (κ2) is 4.80. The average Bonchev–Trinajstić information content (AvgIpc) is 2.67. The first-order valence-corrected chi connectivity index (χ1v) is 6.06. The fraction of sp³-hybridized carbons (Fsp3) is 0.571. The number of rotatable bonds is 3. The van der Waals surface area contributed by atoms with Crippen LogP contribution in [0.25, 0.3) is 0 Å². The highest BCUT2D eigenvalue weighted by Crippen LogP contribution is 2.39. The molecule has 1 aliphatic rings. The Balaban J connectivity index is 2.01. The highest BCUT2D eigenvalue weighted by atomic mass is 14.5. The quantitative estimate of drug-likeness (QED) is 0.802. The normalized spacial score (nSPS) is 25.7. The summed E-state index contributed by atoms with van der Waals surface area (Å²) in [6.45, 7) is 3.03. The monoisotopic (exact) mass is 203 g/mol. The molecule has 2 unspecified atom stereocenters. The van der Waals surface area contributed by atoms with Gasteiger partial charge in [0.2, 0.25) is 0 Å². The van der Waals surface area contributed by atoms with Gasteiger partial charge in [-0.3, -0.25) is 0 Å². The van der Waals surface area contributed by atoms with E-state index in [0.717, 1.165) is 18.4 Å². The molecule has 1 nitrogen and oxygen atoms in total. The van der Waals surface area contributed by atoms with Gasteiger partial charge in [0.25, 0.3) is 0 Å². The molecule has 0 heterocycles. The highest BCUT2D eigenvalue weighted by molar-refractivity contribution is 5.26. The van der Waals surface area contributed by atoms with Crippen LogP contribution in [0.3, 0.4) is 0 Å². The number of aryl methyl sites for hydroxylation is 1. The number of benzene rings is 1. The average molecular weight is 203 g/mol. The van der Waals surface area contributed by atoms with Crippen LogP contribution < -0.4 is 5.73 Å². The van der Waals surface area contributed by atoms with Crippen LogP contribution in [-0.4, -0.2) is 6.54 Å². The van der Waals surface area contributed by atoms with Gasteiger partial charge in [-0.15, -0.1) is 0 Å². The number of nitrogens with two attached hydrogens (primary N) is 1. The van der Waals surface area contributed by atoms with Crippen LogP contribution in [0.5, 0.6) is 0 Å². The molecule has 0 bridgehead atoms. The molecule has 1 aromatic carbocycles. The third kappa shape index (κ3) is 2.60. The van der Waals surface area contributed by atoms with Gasteiger partial charge in [0.05, 0.1) is 0 Å². The summed E-state index contributed by atoms with van der Waals surface area (Å²) in [6.07, 6.45) is 5.28. The minimum Gasteiger partial charge on any atom is -0.330 e. The first kappa shape index (κ1) is 10.7. The van der Waals surface area contributed by atoms with E-state index in [1.54, 1.807) is 0 Å². The lowest BCUT2D eigenvalue weighted by atomic mass is 9.94. The van der Waals surface area contributed by atoms with E-state index in [4.69, 9.17) is 5.73 Å². The first-order chi connectivity index (χ1) is 7.29. The van der Waals surface area contributed by atoms with Crippen LogP contribution in [0.15, 0.2) is 24.3 Å². The molecule has 2 N–H and O–H groups in total. The molecule has 1 aromatic rings. The maximum Gasteiger partial charge on any atom is -0.00746 e. The third-order valence-electron chi connectivity index (χ3n) is 3.63. The van der Waals surface area contributed by atoms with Gasteiger partial charge in [-0.2, -0.15) is 0 Å². The largest absolute Gasteiger partial charge is 0.330 e. The Morgan fingerprint density at radius 2 is 2.20 bits per heavy atom. The van der Waals surface area contributed by atoms with Crippen molar-refractivity contribution in [2.45, 2.75) is 38.5 Å². The van der Waals surface area contributed by atoms with Gasteiger partial charge >= 0.3 is 0 Å². The van der Waals surface area contributed by atoms with Gasteiger partial charge in [0.15, 0.2) is 0 Å². The zero-order valence-electron chi connectivity index (χ0n) is 9.58. The third-order valence-corrected chi connectivity index (χ3v) is 3.63. The van der Waals surface area contributed by atoms with Crippen molar-refractivity contribution in [3.05, 3.63) is 35.4 Å². The molecule has 2 atom stereocenters. The van der Waals surface area contributed by atoms with Crippen molar-refractivity contribution in [3.8, 4) is 0 Å². The van der Waals surface area contributed by atoms with E-state index in [1.807, 2.05) is 0 Å². The van der Waals surface area contributed by atoms with Crippen molar-refractivity contribution in [1.29, 1.82) is 0 Å². The molecule has 1 fully saturated rings. The molecule has 0 amide bonds. The van der Waals surface area contributed by atoms with Gasteiger partial charge in [0.1, 0.15) is 0 Å². The van der Waals surface area contributed by atoms with Gasteiger partial charge in [-0.1, -0.05) is 29.8 Å². The van der Waals surface area contributed by atoms with E-state index in [1.165, 1.54) is 36.8 Å². The summed E-state index contributed by atoms with van der Waals surface area (Å²) in [5.41, 5.74) is 8.54. The second-order valence-corrected chi connectivity index (χ2v) is 4.87. The van der Waals surface area contributed by atoms with E-state index in [2.05, 4.69) is 31.2 Å². The van der Waals surface area contributed by atoms with Crippen molar-refractivity contribution in [3.63, 3.8) is 0 Å². The Kier molecular flexibility index (Phi) is 3.42. The zero-order chi connectivity index (χ0) is 10.7. The SMILES string of the molecule is Cc1cccc(C2CCC(CCN)C2)c1. The van der Waals surface area contributed by atoms with E-state index < -0.39 is 0 Å². The van der Waals surface area contributed by atoms with Gasteiger partial charge in [-0.25, -0.2) is 0 Å². The summed E-state index contributed by atoms with van der Waals surface area (Å²) in [6, 6.07) is 8.98. The Labute approximate surface area is 92.7 Å². The molecule has 0 saturated heterocycles.